The van der Waals surface area contributed by atoms with Crippen LogP contribution in [0.3, 0.4) is 0 Å². The Labute approximate surface area is 118 Å². The lowest BCUT2D eigenvalue weighted by molar-refractivity contribution is 0.328. The van der Waals surface area contributed by atoms with E-state index in [1.807, 2.05) is 50.2 Å². The Bertz CT molecular complexity index is 586. The van der Waals surface area contributed by atoms with Gasteiger partial charge in [-0.15, -0.1) is 0 Å². The van der Waals surface area contributed by atoms with Crippen LogP contribution in [-0.2, 0) is 0 Å². The monoisotopic (exact) mass is 273 g/mol. The van der Waals surface area contributed by atoms with Gasteiger partial charge in [-0.25, -0.2) is 4.98 Å². The highest BCUT2D eigenvalue weighted by molar-refractivity contribution is 5.73. The smallest absolute Gasteiger partial charge is 0.242 e. The minimum atomic E-state index is 0.397. The first-order valence-corrected chi connectivity index (χ1v) is 6.39. The molecule has 0 aliphatic carbocycles. The van der Waals surface area contributed by atoms with Crippen molar-refractivity contribution in [1.29, 1.82) is 0 Å². The molecule has 1 heterocycles. The van der Waals surface area contributed by atoms with Gasteiger partial charge in [-0.05, 0) is 25.1 Å². The van der Waals surface area contributed by atoms with Crippen LogP contribution in [0.1, 0.15) is 6.92 Å². The number of aromatic nitrogens is 2. The van der Waals surface area contributed by atoms with Gasteiger partial charge in [-0.2, -0.15) is 4.98 Å². The van der Waals surface area contributed by atoms with E-state index < -0.39 is 0 Å². The van der Waals surface area contributed by atoms with Crippen LogP contribution in [0.2, 0.25) is 0 Å². The van der Waals surface area contributed by atoms with E-state index in [2.05, 4.69) is 15.3 Å². The van der Waals surface area contributed by atoms with Gasteiger partial charge in [0.15, 0.2) is 5.82 Å². The summed E-state index contributed by atoms with van der Waals surface area (Å²) in [6.45, 7) is 2.39. The van der Waals surface area contributed by atoms with E-state index in [1.165, 1.54) is 6.33 Å². The van der Waals surface area contributed by atoms with Crippen LogP contribution in [0.25, 0.3) is 0 Å². The number of benzene rings is 1. The lowest BCUT2D eigenvalue weighted by atomic mass is 10.2. The van der Waals surface area contributed by atoms with Crippen molar-refractivity contribution in [2.45, 2.75) is 6.92 Å². The summed E-state index contributed by atoms with van der Waals surface area (Å²) in [7, 11) is 3.98. The van der Waals surface area contributed by atoms with Crippen molar-refractivity contribution >= 4 is 22.9 Å². The first kappa shape index (κ1) is 13.9. The quantitative estimate of drug-likeness (QED) is 0.870. The number of nitrogen functional groups attached to an aromatic ring is 1. The van der Waals surface area contributed by atoms with Gasteiger partial charge in [0.2, 0.25) is 5.88 Å². The Morgan fingerprint density at radius 2 is 2.10 bits per heavy atom. The molecule has 6 heteroatoms. The predicted octanol–water partition coefficient (Wildman–Crippen LogP) is 2.27. The maximum Gasteiger partial charge on any atom is 0.242 e. The lowest BCUT2D eigenvalue weighted by Crippen LogP contribution is -2.09. The normalized spacial score (nSPS) is 10.2. The largest absolute Gasteiger partial charge is 0.476 e. The van der Waals surface area contributed by atoms with Crippen LogP contribution in [0.5, 0.6) is 5.88 Å². The minimum absolute atomic E-state index is 0.397. The van der Waals surface area contributed by atoms with Gasteiger partial charge < -0.3 is 20.7 Å². The van der Waals surface area contributed by atoms with Gasteiger partial charge in [-0.3, -0.25) is 0 Å². The van der Waals surface area contributed by atoms with Crippen LogP contribution in [0, 0.1) is 0 Å². The number of anilines is 4. The first-order chi connectivity index (χ1) is 9.61. The molecule has 0 radical (unpaired) electrons. The maximum atomic E-state index is 5.99. The molecule has 106 valence electrons. The second-order valence-electron chi connectivity index (χ2n) is 4.44. The van der Waals surface area contributed by atoms with Crippen molar-refractivity contribution in [3.8, 4) is 5.88 Å². The SMILES string of the molecule is CCOc1ncnc(Nc2cccc(N(C)C)c2)c1N. The molecule has 0 amide bonds. The molecule has 0 unspecified atom stereocenters. The highest BCUT2D eigenvalue weighted by Crippen LogP contribution is 2.28. The Morgan fingerprint density at radius 3 is 2.80 bits per heavy atom. The third-order valence-corrected chi connectivity index (χ3v) is 2.75. The molecule has 3 N–H and O–H groups in total. The molecule has 0 atom stereocenters. The molecule has 1 aromatic heterocycles. The van der Waals surface area contributed by atoms with E-state index in [1.54, 1.807) is 0 Å². The fourth-order valence-electron chi connectivity index (χ4n) is 1.73. The standard InChI is InChI=1S/C14H19N5O/c1-4-20-14-12(15)13(16-9-17-14)18-10-6-5-7-11(8-10)19(2)3/h5-9H,4,15H2,1-3H3,(H,16,17,18). The highest BCUT2D eigenvalue weighted by Gasteiger charge is 2.09. The number of ether oxygens (including phenoxy) is 1. The van der Waals surface area contributed by atoms with Crippen LogP contribution in [0.4, 0.5) is 22.9 Å². The van der Waals surface area contributed by atoms with Crippen molar-refractivity contribution in [2.24, 2.45) is 0 Å². The number of hydrogen-bond donors (Lipinski definition) is 2. The van der Waals surface area contributed by atoms with E-state index in [4.69, 9.17) is 10.5 Å². The average molecular weight is 273 g/mol. The fourth-order valence-corrected chi connectivity index (χ4v) is 1.73. The zero-order chi connectivity index (χ0) is 14.5. The van der Waals surface area contributed by atoms with Crippen LogP contribution in [0.15, 0.2) is 30.6 Å². The molecule has 6 nitrogen and oxygen atoms in total. The van der Waals surface area contributed by atoms with E-state index in [0.717, 1.165) is 11.4 Å². The zero-order valence-corrected chi connectivity index (χ0v) is 11.9. The molecule has 0 spiro atoms. The molecule has 0 bridgehead atoms. The summed E-state index contributed by atoms with van der Waals surface area (Å²) >= 11 is 0. The molecular formula is C14H19N5O. The molecular weight excluding hydrogens is 254 g/mol. The van der Waals surface area contributed by atoms with Crippen LogP contribution >= 0.6 is 0 Å². The number of nitrogens with one attached hydrogen (secondary N) is 1. The first-order valence-electron chi connectivity index (χ1n) is 6.39. The summed E-state index contributed by atoms with van der Waals surface area (Å²) in [6, 6.07) is 7.97. The van der Waals surface area contributed by atoms with E-state index in [9.17, 15) is 0 Å². The Kier molecular flexibility index (Phi) is 4.24. The van der Waals surface area contributed by atoms with Crippen molar-refractivity contribution in [3.05, 3.63) is 30.6 Å². The molecule has 20 heavy (non-hydrogen) atoms. The topological polar surface area (TPSA) is 76.3 Å². The third-order valence-electron chi connectivity index (χ3n) is 2.75. The minimum Gasteiger partial charge on any atom is -0.476 e. The molecule has 0 aliphatic heterocycles. The summed E-state index contributed by atoms with van der Waals surface area (Å²) in [6.07, 6.45) is 1.43. The van der Waals surface area contributed by atoms with Crippen LogP contribution in [-0.4, -0.2) is 30.7 Å². The van der Waals surface area contributed by atoms with Gasteiger partial charge in [0, 0.05) is 25.5 Å². The zero-order valence-electron chi connectivity index (χ0n) is 11.9. The van der Waals surface area contributed by atoms with Crippen LogP contribution < -0.4 is 20.7 Å². The van der Waals surface area contributed by atoms with Crippen molar-refractivity contribution in [1.82, 2.24) is 9.97 Å². The molecule has 0 saturated heterocycles. The molecule has 0 saturated carbocycles. The summed E-state index contributed by atoms with van der Waals surface area (Å²) in [5.41, 5.74) is 8.40. The predicted molar refractivity (Wildman–Crippen MR) is 81.7 cm³/mol. The fraction of sp³-hybridized carbons (Fsp3) is 0.286. The summed E-state index contributed by atoms with van der Waals surface area (Å²) < 4.78 is 5.35. The van der Waals surface area contributed by atoms with Gasteiger partial charge in [0.1, 0.15) is 12.0 Å². The van der Waals surface area contributed by atoms with Gasteiger partial charge >= 0.3 is 0 Å². The van der Waals surface area contributed by atoms with Gasteiger partial charge in [0.05, 0.1) is 6.61 Å². The lowest BCUT2D eigenvalue weighted by Gasteiger charge is -2.15. The van der Waals surface area contributed by atoms with Gasteiger partial charge in [0.25, 0.3) is 0 Å². The van der Waals surface area contributed by atoms with Crippen molar-refractivity contribution in [2.75, 3.05) is 36.7 Å². The molecule has 1 aromatic carbocycles. The third kappa shape index (κ3) is 3.09. The maximum absolute atomic E-state index is 5.99. The second kappa shape index (κ2) is 6.10. The highest BCUT2D eigenvalue weighted by atomic mass is 16.5. The number of hydrogen-bond acceptors (Lipinski definition) is 6. The number of nitrogens with zero attached hydrogens (tertiary/aromatic N) is 3. The van der Waals surface area contributed by atoms with E-state index in [-0.39, 0.29) is 0 Å². The molecule has 2 rings (SSSR count). The average Bonchev–Trinajstić information content (AvgIpc) is 2.44. The van der Waals surface area contributed by atoms with Crippen molar-refractivity contribution in [3.63, 3.8) is 0 Å². The molecule has 0 fully saturated rings. The second-order valence-corrected chi connectivity index (χ2v) is 4.44. The summed E-state index contributed by atoms with van der Waals surface area (Å²) in [4.78, 5) is 10.2. The van der Waals surface area contributed by atoms with E-state index >= 15 is 0 Å². The Morgan fingerprint density at radius 1 is 1.30 bits per heavy atom. The summed E-state index contributed by atoms with van der Waals surface area (Å²) in [5, 5.41) is 3.18. The van der Waals surface area contributed by atoms with E-state index in [0.29, 0.717) is 24.0 Å². The number of rotatable bonds is 5. The number of nitrogens with two attached hydrogens (primary N) is 1. The van der Waals surface area contributed by atoms with Gasteiger partial charge in [-0.1, -0.05) is 6.07 Å². The Balaban J connectivity index is 2.26. The van der Waals surface area contributed by atoms with Crippen molar-refractivity contribution < 1.29 is 4.74 Å². The molecule has 2 aromatic rings. The summed E-state index contributed by atoms with van der Waals surface area (Å²) in [5.74, 6) is 0.938. The Hall–Kier alpha value is -2.50. The molecule has 0 aliphatic rings.